The molecule has 140 valence electrons. The van der Waals surface area contributed by atoms with Gasteiger partial charge in [0.15, 0.2) is 0 Å². The molecule has 1 aliphatic rings. The van der Waals surface area contributed by atoms with Gasteiger partial charge in [0.2, 0.25) is 11.8 Å². The lowest BCUT2D eigenvalue weighted by molar-refractivity contribution is -0.119. The first kappa shape index (κ1) is 18.4. The number of nitrogens with one attached hydrogen (secondary N) is 3. The van der Waals surface area contributed by atoms with Gasteiger partial charge in [0, 0.05) is 30.3 Å². The van der Waals surface area contributed by atoms with E-state index >= 15 is 0 Å². The number of methoxy groups -OCH3 is 1. The van der Waals surface area contributed by atoms with Gasteiger partial charge in [-0.3, -0.25) is 14.4 Å². The number of benzene rings is 2. The van der Waals surface area contributed by atoms with Crippen LogP contribution in [-0.4, -0.2) is 30.9 Å². The molecule has 0 aromatic heterocycles. The minimum atomic E-state index is -0.301. The number of hydrogen-bond donors (Lipinski definition) is 3. The van der Waals surface area contributed by atoms with Crippen LogP contribution in [0.2, 0.25) is 0 Å². The zero-order chi connectivity index (χ0) is 19.2. The van der Waals surface area contributed by atoms with Crippen LogP contribution in [0.5, 0.6) is 5.75 Å². The summed E-state index contributed by atoms with van der Waals surface area (Å²) in [5, 5.41) is 8.36. The summed E-state index contributed by atoms with van der Waals surface area (Å²) in [6, 6.07) is 13.7. The lowest BCUT2D eigenvalue weighted by atomic mass is 10.1. The fourth-order valence-electron chi connectivity index (χ4n) is 2.97. The highest BCUT2D eigenvalue weighted by atomic mass is 16.5. The fraction of sp³-hybridized carbons (Fsp3) is 0.250. The van der Waals surface area contributed by atoms with Crippen molar-refractivity contribution in [1.82, 2.24) is 5.32 Å². The van der Waals surface area contributed by atoms with E-state index in [1.807, 2.05) is 0 Å². The average Bonchev–Trinajstić information content (AvgIpc) is 3.06. The quantitative estimate of drug-likeness (QED) is 0.731. The Morgan fingerprint density at radius 3 is 2.56 bits per heavy atom. The van der Waals surface area contributed by atoms with Crippen molar-refractivity contribution < 1.29 is 19.1 Å². The van der Waals surface area contributed by atoms with Gasteiger partial charge in [0.05, 0.1) is 12.7 Å². The van der Waals surface area contributed by atoms with Crippen molar-refractivity contribution in [1.29, 1.82) is 0 Å². The smallest absolute Gasteiger partial charge is 0.259 e. The van der Waals surface area contributed by atoms with Gasteiger partial charge in [-0.1, -0.05) is 18.2 Å². The zero-order valence-electron chi connectivity index (χ0n) is 15.0. The number of carbonyl (C=O) groups excluding carboxylic acids is 3. The number of ether oxygens (including phenoxy) is 1. The third-order valence-electron chi connectivity index (χ3n) is 4.27. The Bertz CT molecular complexity index is 866. The first-order valence-electron chi connectivity index (χ1n) is 8.69. The molecule has 3 amide bonds. The summed E-state index contributed by atoms with van der Waals surface area (Å²) in [7, 11) is 1.51. The second-order valence-corrected chi connectivity index (χ2v) is 6.29. The molecular formula is C20H21N3O4. The van der Waals surface area contributed by atoms with E-state index in [0.717, 1.165) is 0 Å². The Balaban J connectivity index is 1.62. The molecule has 7 nitrogen and oxygen atoms in total. The minimum absolute atomic E-state index is 0.0196. The summed E-state index contributed by atoms with van der Waals surface area (Å²) >= 11 is 0. The van der Waals surface area contributed by atoms with Crippen LogP contribution >= 0.6 is 0 Å². The van der Waals surface area contributed by atoms with E-state index in [2.05, 4.69) is 16.0 Å². The highest BCUT2D eigenvalue weighted by Gasteiger charge is 2.23. The van der Waals surface area contributed by atoms with Gasteiger partial charge in [0.1, 0.15) is 5.75 Å². The van der Waals surface area contributed by atoms with E-state index in [1.54, 1.807) is 48.5 Å². The van der Waals surface area contributed by atoms with Crippen molar-refractivity contribution >= 4 is 29.1 Å². The molecule has 0 saturated carbocycles. The minimum Gasteiger partial charge on any atom is -0.496 e. The maximum absolute atomic E-state index is 12.5. The molecule has 1 aliphatic heterocycles. The molecule has 0 radical (unpaired) electrons. The van der Waals surface area contributed by atoms with Gasteiger partial charge >= 0.3 is 0 Å². The summed E-state index contributed by atoms with van der Waals surface area (Å²) in [4.78, 5) is 35.8. The maximum atomic E-state index is 12.5. The Labute approximate surface area is 157 Å². The Kier molecular flexibility index (Phi) is 5.71. The van der Waals surface area contributed by atoms with E-state index < -0.39 is 0 Å². The highest BCUT2D eigenvalue weighted by Crippen LogP contribution is 2.21. The number of para-hydroxylation sites is 1. The van der Waals surface area contributed by atoms with Crippen LogP contribution < -0.4 is 20.7 Å². The highest BCUT2D eigenvalue weighted by molar-refractivity contribution is 6.06. The van der Waals surface area contributed by atoms with Crippen molar-refractivity contribution in [2.24, 2.45) is 0 Å². The molecule has 1 fully saturated rings. The molecule has 2 aromatic carbocycles. The van der Waals surface area contributed by atoms with E-state index in [-0.39, 0.29) is 30.2 Å². The van der Waals surface area contributed by atoms with Crippen LogP contribution in [0.15, 0.2) is 48.5 Å². The fourth-order valence-corrected chi connectivity index (χ4v) is 2.97. The molecule has 7 heteroatoms. The van der Waals surface area contributed by atoms with E-state index in [9.17, 15) is 14.4 Å². The Morgan fingerprint density at radius 2 is 1.85 bits per heavy atom. The summed E-state index contributed by atoms with van der Waals surface area (Å²) in [6.45, 7) is 0. The predicted molar refractivity (Wildman–Crippen MR) is 102 cm³/mol. The molecular weight excluding hydrogens is 346 g/mol. The third-order valence-corrected chi connectivity index (χ3v) is 4.27. The molecule has 1 saturated heterocycles. The number of anilines is 2. The number of rotatable bonds is 6. The molecule has 1 atom stereocenters. The van der Waals surface area contributed by atoms with Crippen LogP contribution in [0, 0.1) is 0 Å². The summed E-state index contributed by atoms with van der Waals surface area (Å²) < 4.78 is 5.20. The molecule has 0 bridgehead atoms. The zero-order valence-corrected chi connectivity index (χ0v) is 15.0. The lowest BCUT2D eigenvalue weighted by Gasteiger charge is -2.12. The monoisotopic (exact) mass is 367 g/mol. The topological polar surface area (TPSA) is 96.5 Å². The van der Waals surface area contributed by atoms with Crippen molar-refractivity contribution in [3.63, 3.8) is 0 Å². The first-order valence-corrected chi connectivity index (χ1v) is 8.69. The molecule has 3 N–H and O–H groups in total. The van der Waals surface area contributed by atoms with Gasteiger partial charge in [0.25, 0.3) is 5.91 Å². The van der Waals surface area contributed by atoms with E-state index in [0.29, 0.717) is 35.5 Å². The number of hydrogen-bond acceptors (Lipinski definition) is 4. The van der Waals surface area contributed by atoms with Crippen LogP contribution in [0.4, 0.5) is 11.4 Å². The second-order valence-electron chi connectivity index (χ2n) is 6.29. The van der Waals surface area contributed by atoms with E-state index in [4.69, 9.17) is 4.74 Å². The molecule has 1 unspecified atom stereocenters. The van der Waals surface area contributed by atoms with Crippen LogP contribution in [0.1, 0.15) is 29.6 Å². The van der Waals surface area contributed by atoms with Gasteiger partial charge in [-0.25, -0.2) is 0 Å². The first-order chi connectivity index (χ1) is 13.0. The Morgan fingerprint density at radius 1 is 1.11 bits per heavy atom. The van der Waals surface area contributed by atoms with Crippen LogP contribution in [0.25, 0.3) is 0 Å². The largest absolute Gasteiger partial charge is 0.496 e. The molecule has 0 aliphatic carbocycles. The summed E-state index contributed by atoms with van der Waals surface area (Å²) in [5.74, 6) is -0.0214. The normalized spacial score (nSPS) is 15.7. The summed E-state index contributed by atoms with van der Waals surface area (Å²) in [5.41, 5.74) is 1.55. The second kappa shape index (κ2) is 8.35. The van der Waals surface area contributed by atoms with Gasteiger partial charge < -0.3 is 20.7 Å². The maximum Gasteiger partial charge on any atom is 0.259 e. The van der Waals surface area contributed by atoms with Crippen LogP contribution in [0.3, 0.4) is 0 Å². The molecule has 1 heterocycles. The van der Waals surface area contributed by atoms with Crippen molar-refractivity contribution in [3.8, 4) is 5.75 Å². The van der Waals surface area contributed by atoms with E-state index in [1.165, 1.54) is 7.11 Å². The molecule has 3 rings (SSSR count). The number of amides is 3. The third kappa shape index (κ3) is 4.84. The molecule has 2 aromatic rings. The predicted octanol–water partition coefficient (Wildman–Crippen LogP) is 2.55. The average molecular weight is 367 g/mol. The van der Waals surface area contributed by atoms with Crippen molar-refractivity contribution in [3.05, 3.63) is 54.1 Å². The molecule has 27 heavy (non-hydrogen) atoms. The lowest BCUT2D eigenvalue weighted by Crippen LogP contribution is -2.29. The number of carbonyl (C=O) groups is 3. The summed E-state index contributed by atoms with van der Waals surface area (Å²) in [6.07, 6.45) is 1.35. The SMILES string of the molecule is COc1ccccc1C(=O)Nc1cccc(NC(=O)CC2CCC(=O)N2)c1. The molecule has 0 spiro atoms. The van der Waals surface area contributed by atoms with Crippen molar-refractivity contribution in [2.45, 2.75) is 25.3 Å². The van der Waals surface area contributed by atoms with Crippen LogP contribution in [-0.2, 0) is 9.59 Å². The van der Waals surface area contributed by atoms with Gasteiger partial charge in [-0.15, -0.1) is 0 Å². The standard InChI is InChI=1S/C20H21N3O4/c1-27-17-8-3-2-7-16(17)20(26)23-14-6-4-5-13(11-14)22-19(25)12-15-9-10-18(24)21-15/h2-8,11,15H,9-10,12H2,1H3,(H,21,24)(H,22,25)(H,23,26). The Hall–Kier alpha value is -3.35. The van der Waals surface area contributed by atoms with Gasteiger partial charge in [-0.05, 0) is 36.8 Å². The van der Waals surface area contributed by atoms with Gasteiger partial charge in [-0.2, -0.15) is 0 Å². The van der Waals surface area contributed by atoms with Crippen molar-refractivity contribution in [2.75, 3.05) is 17.7 Å².